The first-order valence-corrected chi connectivity index (χ1v) is 14.4. The second-order valence-corrected chi connectivity index (χ2v) is 11.6. The molecule has 0 saturated heterocycles. The topological polar surface area (TPSA) is 83.6 Å². The van der Waals surface area contributed by atoms with Gasteiger partial charge in [0.2, 0.25) is 5.91 Å². The molecule has 1 N–H and O–H groups in total. The van der Waals surface area contributed by atoms with E-state index in [1.807, 2.05) is 28.8 Å². The fraction of sp³-hybridized carbons (Fsp3) is 0.259. The lowest BCUT2D eigenvalue weighted by Gasteiger charge is -2.10. The Morgan fingerprint density at radius 3 is 2.86 bits per heavy atom. The average Bonchev–Trinajstić information content (AvgIpc) is 3.57. The van der Waals surface area contributed by atoms with Gasteiger partial charge in [0.15, 0.2) is 11.0 Å². The molecule has 0 aliphatic heterocycles. The van der Waals surface area contributed by atoms with E-state index in [-0.39, 0.29) is 11.7 Å². The lowest BCUT2D eigenvalue weighted by molar-refractivity contribution is -0.113. The third kappa shape index (κ3) is 4.76. The predicted octanol–water partition coefficient (Wildman–Crippen LogP) is 6.71. The molecule has 0 fully saturated rings. The molecule has 0 radical (unpaired) electrons. The molecule has 182 valence electrons. The van der Waals surface area contributed by atoms with Crippen LogP contribution in [0.15, 0.2) is 53.5 Å². The van der Waals surface area contributed by atoms with Crippen molar-refractivity contribution >= 4 is 45.3 Å². The maximum absolute atomic E-state index is 12.8. The number of nitrogens with one attached hydrogen (secondary N) is 1. The van der Waals surface area contributed by atoms with Gasteiger partial charge < -0.3 is 5.32 Å². The molecule has 1 amide bonds. The minimum absolute atomic E-state index is 0.152. The number of nitriles is 1. The van der Waals surface area contributed by atoms with Gasteiger partial charge in [-0.25, -0.2) is 0 Å². The van der Waals surface area contributed by atoms with Crippen molar-refractivity contribution < 1.29 is 4.79 Å². The fourth-order valence-electron chi connectivity index (χ4n) is 4.54. The summed E-state index contributed by atoms with van der Waals surface area (Å²) in [5, 5.41) is 25.0. The van der Waals surface area contributed by atoms with Crippen LogP contribution in [0.3, 0.4) is 0 Å². The largest absolute Gasteiger partial charge is 0.316 e. The van der Waals surface area contributed by atoms with E-state index in [0.29, 0.717) is 22.3 Å². The predicted molar refractivity (Wildman–Crippen MR) is 149 cm³/mol. The number of nitrogens with zero attached hydrogens (tertiary/aromatic N) is 4. The third-order valence-electron chi connectivity index (χ3n) is 6.18. The zero-order valence-electron chi connectivity index (χ0n) is 19.9. The van der Waals surface area contributed by atoms with Crippen molar-refractivity contribution in [3.8, 4) is 28.6 Å². The SMILES string of the molecule is C=CCn1c(SCC(=O)Nc2sc3c(c2C#N)CCCC3)nnc1-c1csc(C)c1-c1ccccc1. The number of aryl methyl sites for hydroxylation is 2. The summed E-state index contributed by atoms with van der Waals surface area (Å²) in [4.78, 5) is 15.3. The Labute approximate surface area is 222 Å². The second-order valence-electron chi connectivity index (χ2n) is 8.52. The monoisotopic (exact) mass is 531 g/mol. The Morgan fingerprint density at radius 1 is 1.28 bits per heavy atom. The van der Waals surface area contributed by atoms with Crippen LogP contribution in [0.25, 0.3) is 22.5 Å². The van der Waals surface area contributed by atoms with Gasteiger partial charge >= 0.3 is 0 Å². The number of benzene rings is 1. The average molecular weight is 532 g/mol. The van der Waals surface area contributed by atoms with Crippen LogP contribution in [-0.4, -0.2) is 26.4 Å². The van der Waals surface area contributed by atoms with Crippen molar-refractivity contribution in [3.63, 3.8) is 0 Å². The summed E-state index contributed by atoms with van der Waals surface area (Å²) in [7, 11) is 0. The Kier molecular flexibility index (Phi) is 7.37. The van der Waals surface area contributed by atoms with E-state index in [9.17, 15) is 10.1 Å². The molecular formula is C27H25N5OS3. The van der Waals surface area contributed by atoms with Crippen molar-refractivity contribution in [1.82, 2.24) is 14.8 Å². The number of fused-ring (bicyclic) bond motifs is 1. The quantitative estimate of drug-likeness (QED) is 0.202. The minimum Gasteiger partial charge on any atom is -0.316 e. The zero-order valence-corrected chi connectivity index (χ0v) is 22.4. The molecule has 5 rings (SSSR count). The van der Waals surface area contributed by atoms with Crippen molar-refractivity contribution in [2.75, 3.05) is 11.1 Å². The van der Waals surface area contributed by atoms with Gasteiger partial charge in [0, 0.05) is 32.8 Å². The number of thiophene rings is 2. The van der Waals surface area contributed by atoms with Crippen LogP contribution >= 0.6 is 34.4 Å². The van der Waals surface area contributed by atoms with Gasteiger partial charge in [-0.1, -0.05) is 48.2 Å². The summed E-state index contributed by atoms with van der Waals surface area (Å²) in [6.45, 7) is 6.55. The highest BCUT2D eigenvalue weighted by molar-refractivity contribution is 7.99. The zero-order chi connectivity index (χ0) is 25.1. The highest BCUT2D eigenvalue weighted by Gasteiger charge is 2.23. The van der Waals surface area contributed by atoms with Crippen molar-refractivity contribution in [2.45, 2.75) is 44.3 Å². The number of anilines is 1. The molecule has 3 aromatic heterocycles. The summed E-state index contributed by atoms with van der Waals surface area (Å²) >= 11 is 4.57. The van der Waals surface area contributed by atoms with Gasteiger partial charge in [0.05, 0.1) is 11.3 Å². The van der Waals surface area contributed by atoms with Crippen LogP contribution in [0.4, 0.5) is 5.00 Å². The van der Waals surface area contributed by atoms with Crippen LogP contribution < -0.4 is 5.32 Å². The highest BCUT2D eigenvalue weighted by atomic mass is 32.2. The van der Waals surface area contributed by atoms with Crippen LogP contribution in [-0.2, 0) is 24.2 Å². The van der Waals surface area contributed by atoms with Crippen molar-refractivity contribution in [1.29, 1.82) is 5.26 Å². The lowest BCUT2D eigenvalue weighted by Crippen LogP contribution is -2.14. The molecule has 0 unspecified atom stereocenters. The Balaban J connectivity index is 1.36. The van der Waals surface area contributed by atoms with E-state index in [1.54, 1.807) is 22.7 Å². The number of aromatic nitrogens is 3. The molecule has 0 saturated carbocycles. The first-order chi connectivity index (χ1) is 17.6. The van der Waals surface area contributed by atoms with E-state index in [1.165, 1.54) is 21.5 Å². The van der Waals surface area contributed by atoms with Crippen LogP contribution in [0.2, 0.25) is 0 Å². The maximum Gasteiger partial charge on any atom is 0.235 e. The van der Waals surface area contributed by atoms with Crippen molar-refractivity contribution in [3.05, 3.63) is 69.2 Å². The second kappa shape index (κ2) is 10.8. The summed E-state index contributed by atoms with van der Waals surface area (Å²) < 4.78 is 2.00. The maximum atomic E-state index is 12.8. The van der Waals surface area contributed by atoms with Gasteiger partial charge in [-0.3, -0.25) is 9.36 Å². The van der Waals surface area contributed by atoms with E-state index in [4.69, 9.17) is 0 Å². The molecule has 1 aliphatic carbocycles. The number of thioether (sulfide) groups is 1. The molecule has 0 atom stereocenters. The molecule has 9 heteroatoms. The molecule has 1 aliphatic rings. The first kappa shape index (κ1) is 24.5. The Hall–Kier alpha value is -3.19. The van der Waals surface area contributed by atoms with E-state index < -0.39 is 0 Å². The number of carbonyl (C=O) groups is 1. The molecular weight excluding hydrogens is 507 g/mol. The highest BCUT2D eigenvalue weighted by Crippen LogP contribution is 2.40. The third-order valence-corrected chi connectivity index (χ3v) is 9.26. The Morgan fingerprint density at radius 2 is 2.08 bits per heavy atom. The van der Waals surface area contributed by atoms with Gasteiger partial charge in [0.25, 0.3) is 0 Å². The number of rotatable bonds is 8. The number of allylic oxidation sites excluding steroid dienone is 1. The summed E-state index contributed by atoms with van der Waals surface area (Å²) in [5.74, 6) is 0.788. The molecule has 1 aromatic carbocycles. The molecule has 3 heterocycles. The van der Waals surface area contributed by atoms with Crippen molar-refractivity contribution in [2.24, 2.45) is 0 Å². The van der Waals surface area contributed by atoms with Gasteiger partial charge in [-0.2, -0.15) is 5.26 Å². The van der Waals surface area contributed by atoms with Crippen LogP contribution in [0, 0.1) is 18.3 Å². The normalized spacial score (nSPS) is 12.7. The van der Waals surface area contributed by atoms with Crippen LogP contribution in [0.1, 0.15) is 33.7 Å². The van der Waals surface area contributed by atoms with E-state index in [2.05, 4.69) is 52.6 Å². The molecule has 0 spiro atoms. The molecule has 6 nitrogen and oxygen atoms in total. The lowest BCUT2D eigenvalue weighted by atomic mass is 9.96. The first-order valence-electron chi connectivity index (χ1n) is 11.8. The van der Waals surface area contributed by atoms with Gasteiger partial charge in [0.1, 0.15) is 11.1 Å². The van der Waals surface area contributed by atoms with Gasteiger partial charge in [-0.05, 0) is 43.7 Å². The summed E-state index contributed by atoms with van der Waals surface area (Å²) in [5.41, 5.74) is 5.06. The number of hydrogen-bond acceptors (Lipinski definition) is 7. The number of carbonyl (C=O) groups excluding carboxylic acids is 1. The number of amides is 1. The van der Waals surface area contributed by atoms with Crippen LogP contribution in [0.5, 0.6) is 0 Å². The smallest absolute Gasteiger partial charge is 0.235 e. The molecule has 0 bridgehead atoms. The molecule has 4 aromatic rings. The number of hydrogen-bond donors (Lipinski definition) is 1. The summed E-state index contributed by atoms with van der Waals surface area (Å²) in [6, 6.07) is 12.6. The Bertz CT molecular complexity index is 1460. The summed E-state index contributed by atoms with van der Waals surface area (Å²) in [6.07, 6.45) is 5.95. The van der Waals surface area contributed by atoms with Gasteiger partial charge in [-0.15, -0.1) is 39.4 Å². The fourth-order valence-corrected chi connectivity index (χ4v) is 7.40. The minimum atomic E-state index is -0.152. The van der Waals surface area contributed by atoms with E-state index >= 15 is 0 Å². The molecule has 36 heavy (non-hydrogen) atoms. The van der Waals surface area contributed by atoms with E-state index in [0.717, 1.165) is 53.8 Å². The standard InChI is InChI=1S/C27H25N5OS3/c1-3-13-32-25(21-15-34-17(2)24(21)18-9-5-4-6-10-18)30-31-27(32)35-16-23(33)29-26-20(14-28)19-11-7-8-12-22(19)36-26/h3-6,9-10,15H,1,7-8,11-13,16H2,2H3,(H,29,33).